The summed E-state index contributed by atoms with van der Waals surface area (Å²) in [5.74, 6) is -3.03. The highest BCUT2D eigenvalue weighted by Crippen LogP contribution is 2.36. The highest BCUT2D eigenvalue weighted by atomic mass is 19.3. The topological polar surface area (TPSA) is 38.8 Å². The number of carbonyl (C=O) groups excluding carboxylic acids is 1. The van der Waals surface area contributed by atoms with E-state index >= 15 is 0 Å². The third kappa shape index (κ3) is 3.93. The molecule has 0 atom stereocenters. The van der Waals surface area contributed by atoms with Crippen molar-refractivity contribution in [2.75, 3.05) is 13.1 Å². The molecular formula is C19H26BF2NO3. The van der Waals surface area contributed by atoms with Gasteiger partial charge in [-0.25, -0.2) is 8.78 Å². The predicted octanol–water partition coefficient (Wildman–Crippen LogP) is 2.79. The Balaban J connectivity index is 1.63. The van der Waals surface area contributed by atoms with Gasteiger partial charge in [-0.15, -0.1) is 0 Å². The monoisotopic (exact) mass is 365 g/mol. The molecule has 0 N–H and O–H groups in total. The van der Waals surface area contributed by atoms with Gasteiger partial charge >= 0.3 is 7.12 Å². The van der Waals surface area contributed by atoms with Crippen molar-refractivity contribution in [3.05, 3.63) is 29.8 Å². The number of hydrogen-bond acceptors (Lipinski definition) is 3. The molecule has 0 spiro atoms. The lowest BCUT2D eigenvalue weighted by Gasteiger charge is -2.32. The number of amides is 1. The average molecular weight is 365 g/mol. The third-order valence-corrected chi connectivity index (χ3v) is 5.61. The van der Waals surface area contributed by atoms with Gasteiger partial charge in [-0.1, -0.05) is 24.3 Å². The number of nitrogens with zero attached hydrogens (tertiary/aromatic N) is 1. The summed E-state index contributed by atoms with van der Waals surface area (Å²) in [6.45, 7) is 7.91. The molecule has 2 heterocycles. The van der Waals surface area contributed by atoms with E-state index in [-0.39, 0.29) is 18.7 Å². The molecule has 2 aliphatic heterocycles. The SMILES string of the molecule is CC1(C)OB(c2ccc(CC(=O)N3CCCC(F)(F)C3)cc2)OC1(C)C. The maximum Gasteiger partial charge on any atom is 0.494 e. The Labute approximate surface area is 154 Å². The second-order valence-corrected chi connectivity index (χ2v) is 8.28. The Morgan fingerprint density at radius 1 is 1.12 bits per heavy atom. The fourth-order valence-corrected chi connectivity index (χ4v) is 3.24. The predicted molar refractivity (Wildman–Crippen MR) is 96.6 cm³/mol. The molecule has 0 aromatic heterocycles. The molecule has 142 valence electrons. The molecule has 0 unspecified atom stereocenters. The highest BCUT2D eigenvalue weighted by Gasteiger charge is 2.51. The smallest absolute Gasteiger partial charge is 0.399 e. The van der Waals surface area contributed by atoms with Gasteiger partial charge in [0.1, 0.15) is 0 Å². The third-order valence-electron chi connectivity index (χ3n) is 5.61. The number of alkyl halides is 2. The second kappa shape index (κ2) is 6.61. The summed E-state index contributed by atoms with van der Waals surface area (Å²) >= 11 is 0. The van der Waals surface area contributed by atoms with Crippen molar-refractivity contribution in [2.24, 2.45) is 0 Å². The summed E-state index contributed by atoms with van der Waals surface area (Å²) in [6.07, 6.45) is 0.332. The number of piperidine rings is 1. The van der Waals surface area contributed by atoms with Gasteiger partial charge in [-0.05, 0) is 45.1 Å². The molecule has 0 saturated carbocycles. The van der Waals surface area contributed by atoms with Gasteiger partial charge in [-0.2, -0.15) is 0 Å². The molecule has 26 heavy (non-hydrogen) atoms. The zero-order valence-electron chi connectivity index (χ0n) is 15.9. The largest absolute Gasteiger partial charge is 0.494 e. The number of benzene rings is 1. The van der Waals surface area contributed by atoms with Crippen LogP contribution >= 0.6 is 0 Å². The van der Waals surface area contributed by atoms with E-state index < -0.39 is 30.8 Å². The van der Waals surface area contributed by atoms with Crippen LogP contribution in [-0.2, 0) is 20.5 Å². The molecule has 1 aromatic rings. The van der Waals surface area contributed by atoms with Crippen molar-refractivity contribution in [3.8, 4) is 0 Å². The first-order valence-electron chi connectivity index (χ1n) is 9.09. The first-order valence-corrected chi connectivity index (χ1v) is 9.09. The van der Waals surface area contributed by atoms with E-state index in [0.29, 0.717) is 13.0 Å². The summed E-state index contributed by atoms with van der Waals surface area (Å²) in [6, 6.07) is 7.41. The van der Waals surface area contributed by atoms with Crippen molar-refractivity contribution >= 4 is 18.5 Å². The fraction of sp³-hybridized carbons (Fsp3) is 0.632. The number of likely N-dealkylation sites (tertiary alicyclic amines) is 1. The van der Waals surface area contributed by atoms with E-state index in [9.17, 15) is 13.6 Å². The quantitative estimate of drug-likeness (QED) is 0.774. The summed E-state index contributed by atoms with van der Waals surface area (Å²) in [5, 5.41) is 0. The average Bonchev–Trinajstić information content (AvgIpc) is 2.75. The van der Waals surface area contributed by atoms with Gasteiger partial charge in [0.15, 0.2) is 0 Å². The summed E-state index contributed by atoms with van der Waals surface area (Å²) in [4.78, 5) is 13.6. The Morgan fingerprint density at radius 3 is 2.23 bits per heavy atom. The van der Waals surface area contributed by atoms with Crippen LogP contribution in [0, 0.1) is 0 Å². The maximum absolute atomic E-state index is 13.5. The molecular weight excluding hydrogens is 339 g/mol. The van der Waals surface area contributed by atoms with Gasteiger partial charge in [0.2, 0.25) is 5.91 Å². The Bertz CT molecular complexity index is 660. The lowest BCUT2D eigenvalue weighted by atomic mass is 9.79. The van der Waals surface area contributed by atoms with Crippen molar-refractivity contribution in [1.29, 1.82) is 0 Å². The molecule has 0 aliphatic carbocycles. The Hall–Kier alpha value is -1.47. The second-order valence-electron chi connectivity index (χ2n) is 8.28. The molecule has 0 bridgehead atoms. The first kappa shape index (κ1) is 19.3. The molecule has 3 rings (SSSR count). The molecule has 1 aromatic carbocycles. The van der Waals surface area contributed by atoms with E-state index in [2.05, 4.69) is 0 Å². The number of carbonyl (C=O) groups is 1. The van der Waals surface area contributed by atoms with E-state index in [1.54, 1.807) is 0 Å². The highest BCUT2D eigenvalue weighted by molar-refractivity contribution is 6.62. The van der Waals surface area contributed by atoms with Crippen LogP contribution in [0.4, 0.5) is 8.78 Å². The molecule has 2 aliphatic rings. The minimum atomic E-state index is -2.77. The minimum Gasteiger partial charge on any atom is -0.399 e. The van der Waals surface area contributed by atoms with Crippen molar-refractivity contribution < 1.29 is 22.9 Å². The summed E-state index contributed by atoms with van der Waals surface area (Å²) < 4.78 is 39.0. The van der Waals surface area contributed by atoms with Crippen LogP contribution in [0.25, 0.3) is 0 Å². The van der Waals surface area contributed by atoms with E-state index in [4.69, 9.17) is 9.31 Å². The number of rotatable bonds is 3. The fourth-order valence-electron chi connectivity index (χ4n) is 3.24. The van der Waals surface area contributed by atoms with Crippen LogP contribution in [-0.4, -0.2) is 48.1 Å². The van der Waals surface area contributed by atoms with Crippen LogP contribution in [0.15, 0.2) is 24.3 Å². The molecule has 0 radical (unpaired) electrons. The van der Waals surface area contributed by atoms with Gasteiger partial charge in [-0.3, -0.25) is 4.79 Å². The molecule has 2 fully saturated rings. The molecule has 2 saturated heterocycles. The minimum absolute atomic E-state index is 0.125. The van der Waals surface area contributed by atoms with Gasteiger partial charge in [0.05, 0.1) is 24.2 Å². The number of hydrogen-bond donors (Lipinski definition) is 0. The lowest BCUT2D eigenvalue weighted by molar-refractivity contribution is -0.140. The standard InChI is InChI=1S/C19H26BF2NO3/c1-17(2)18(3,4)26-20(25-17)15-8-6-14(7-9-15)12-16(24)23-11-5-10-19(21,22)13-23/h6-9H,5,10-13H2,1-4H3. The zero-order chi connectivity index (χ0) is 19.2. The van der Waals surface area contributed by atoms with Crippen LogP contribution in [0.2, 0.25) is 0 Å². The van der Waals surface area contributed by atoms with Crippen molar-refractivity contribution in [3.63, 3.8) is 0 Å². The van der Waals surface area contributed by atoms with Crippen LogP contribution in [0.3, 0.4) is 0 Å². The van der Waals surface area contributed by atoms with Crippen LogP contribution < -0.4 is 5.46 Å². The molecule has 1 amide bonds. The first-order chi connectivity index (χ1) is 12.0. The van der Waals surface area contributed by atoms with Crippen LogP contribution in [0.1, 0.15) is 46.1 Å². The van der Waals surface area contributed by atoms with Crippen LogP contribution in [0.5, 0.6) is 0 Å². The summed E-state index contributed by atoms with van der Waals surface area (Å²) in [7, 11) is -0.453. The van der Waals surface area contributed by atoms with E-state index in [1.165, 1.54) is 4.90 Å². The summed E-state index contributed by atoms with van der Waals surface area (Å²) in [5.41, 5.74) is 0.853. The molecule has 7 heteroatoms. The Kier molecular flexibility index (Phi) is 4.90. The normalized spacial score (nSPS) is 23.9. The van der Waals surface area contributed by atoms with Crippen molar-refractivity contribution in [1.82, 2.24) is 4.90 Å². The number of halogens is 2. The van der Waals surface area contributed by atoms with Gasteiger partial charge in [0, 0.05) is 13.0 Å². The zero-order valence-corrected chi connectivity index (χ0v) is 15.9. The van der Waals surface area contributed by atoms with Gasteiger partial charge < -0.3 is 14.2 Å². The maximum atomic E-state index is 13.5. The van der Waals surface area contributed by atoms with E-state index in [0.717, 1.165) is 11.0 Å². The Morgan fingerprint density at radius 2 is 1.69 bits per heavy atom. The van der Waals surface area contributed by atoms with Crippen molar-refractivity contribution in [2.45, 2.75) is 64.1 Å². The molecule has 4 nitrogen and oxygen atoms in total. The van der Waals surface area contributed by atoms with Gasteiger partial charge in [0.25, 0.3) is 5.92 Å². The lowest BCUT2D eigenvalue weighted by Crippen LogP contribution is -2.46. The van der Waals surface area contributed by atoms with E-state index in [1.807, 2.05) is 52.0 Å².